The van der Waals surface area contributed by atoms with Gasteiger partial charge in [-0.1, -0.05) is 51.5 Å². The second kappa shape index (κ2) is 16.3. The van der Waals surface area contributed by atoms with E-state index in [2.05, 4.69) is 103 Å². The Balaban J connectivity index is 1.47. The maximum absolute atomic E-state index is 13.9. The molecule has 5 unspecified atom stereocenters. The van der Waals surface area contributed by atoms with E-state index in [1.165, 1.54) is 16.7 Å². The highest BCUT2D eigenvalue weighted by Gasteiger charge is 2.39. The summed E-state index contributed by atoms with van der Waals surface area (Å²) in [6, 6.07) is 12.7. The predicted octanol–water partition coefficient (Wildman–Crippen LogP) is 5.22. The number of rotatable bonds is 9. The molecular weight excluding hydrogens is 625 g/mol. The minimum atomic E-state index is -3.59. The van der Waals surface area contributed by atoms with Gasteiger partial charge >= 0.3 is 0 Å². The molecule has 2 saturated heterocycles. The molecule has 48 heavy (non-hydrogen) atoms. The first kappa shape index (κ1) is 37.1. The molecule has 11 heteroatoms. The summed E-state index contributed by atoms with van der Waals surface area (Å²) in [7, 11) is 0.227. The zero-order valence-electron chi connectivity index (χ0n) is 30.3. The number of hydrogen-bond acceptors (Lipinski definition) is 9. The van der Waals surface area contributed by atoms with Crippen LogP contribution in [0.4, 0.5) is 5.82 Å². The Morgan fingerprint density at radius 3 is 2.54 bits per heavy atom. The molecule has 0 spiro atoms. The molecule has 1 aliphatic carbocycles. The van der Waals surface area contributed by atoms with E-state index in [0.29, 0.717) is 32.4 Å². The first-order chi connectivity index (χ1) is 22.8. The third kappa shape index (κ3) is 9.99. The normalized spacial score (nSPS) is 28.6. The van der Waals surface area contributed by atoms with E-state index in [-0.39, 0.29) is 29.6 Å². The zero-order valence-corrected chi connectivity index (χ0v) is 31.1. The fourth-order valence-electron chi connectivity index (χ4n) is 7.94. The van der Waals surface area contributed by atoms with Gasteiger partial charge in [0.25, 0.3) is 0 Å². The van der Waals surface area contributed by atoms with Gasteiger partial charge in [0.1, 0.15) is 18.3 Å². The quantitative estimate of drug-likeness (QED) is 0.307. The molecule has 3 fully saturated rings. The number of nitrogens with one attached hydrogen (secondary N) is 3. The molecule has 10 nitrogen and oxygen atoms in total. The van der Waals surface area contributed by atoms with Gasteiger partial charge in [-0.05, 0) is 86.1 Å². The van der Waals surface area contributed by atoms with Crippen molar-refractivity contribution in [2.24, 2.45) is 11.3 Å². The lowest BCUT2D eigenvalue weighted by Gasteiger charge is -2.41. The van der Waals surface area contributed by atoms with Crippen LogP contribution in [-0.4, -0.2) is 82.6 Å². The Morgan fingerprint density at radius 1 is 1.06 bits per heavy atom. The van der Waals surface area contributed by atoms with E-state index in [0.717, 1.165) is 56.9 Å². The van der Waals surface area contributed by atoms with Gasteiger partial charge < -0.3 is 14.4 Å². The molecule has 6 atom stereocenters. The number of fused-ring (bicyclic) bond motifs is 4. The molecule has 3 N–H and O–H groups in total. The third-order valence-corrected chi connectivity index (χ3v) is 12.1. The Kier molecular flexibility index (Phi) is 12.6. The second-order valence-corrected chi connectivity index (χ2v) is 17.6. The summed E-state index contributed by atoms with van der Waals surface area (Å²) in [6.45, 7) is 14.8. The molecule has 3 aliphatic rings. The van der Waals surface area contributed by atoms with Crippen LogP contribution in [0.2, 0.25) is 0 Å². The molecule has 3 heterocycles. The number of anilines is 1. The Bertz CT molecular complexity index is 1430. The smallest absolute Gasteiger partial charge is 0.216 e. The van der Waals surface area contributed by atoms with E-state index in [9.17, 15) is 8.42 Å². The average Bonchev–Trinajstić information content (AvgIpc) is 3.02. The Hall–Kier alpha value is -2.12. The number of aryl methyl sites for hydroxylation is 2. The molecule has 2 aliphatic heterocycles. The van der Waals surface area contributed by atoms with Crippen LogP contribution in [0.25, 0.3) is 0 Å². The van der Waals surface area contributed by atoms with Crippen molar-refractivity contribution in [2.45, 2.75) is 116 Å². The SMILES string of the molecule is COCCCN(C)c1cccc(CN2CC3CCCC(C3)S(=O)(=O)NC3NC(CC(c4c(C)cccc4C)N3)OC[C@H]2CC(C)(C)C)n1. The van der Waals surface area contributed by atoms with Gasteiger partial charge in [-0.2, -0.15) is 4.72 Å². The standard InChI is InChI=1S/C37H60N6O4S/c1-26-12-8-13-27(2)35(26)32-21-34-40-36(39-32)41-48(44,45)31-16-9-14-28(20-31)23-43(30(25-47-34)22-37(3,4)5)24-29-15-10-17-33(38-29)42(6)18-11-19-46-7/h8,10,12-13,15,17,28,30-32,34,36,39-41H,9,11,14,16,18-25H2,1-7H3/t28?,30-,31?,32?,34?,36?/m1/s1. The number of sulfonamides is 1. The van der Waals surface area contributed by atoms with Crippen molar-refractivity contribution in [1.82, 2.24) is 25.2 Å². The maximum atomic E-state index is 13.9. The van der Waals surface area contributed by atoms with Crippen molar-refractivity contribution in [3.8, 4) is 0 Å². The number of pyridine rings is 1. The molecule has 1 aromatic carbocycles. The first-order valence-electron chi connectivity index (χ1n) is 17.9. The highest BCUT2D eigenvalue weighted by molar-refractivity contribution is 7.90. The molecule has 268 valence electrons. The molecule has 1 aromatic heterocycles. The summed E-state index contributed by atoms with van der Waals surface area (Å²) < 4.78 is 43.0. The third-order valence-electron chi connectivity index (χ3n) is 10.3. The fraction of sp³-hybridized carbons (Fsp3) is 0.703. The summed E-state index contributed by atoms with van der Waals surface area (Å²) in [5.41, 5.74) is 4.69. The maximum Gasteiger partial charge on any atom is 0.216 e. The van der Waals surface area contributed by atoms with Crippen molar-refractivity contribution in [3.05, 3.63) is 58.8 Å². The molecule has 0 amide bonds. The average molecular weight is 685 g/mol. The van der Waals surface area contributed by atoms with E-state index in [4.69, 9.17) is 14.5 Å². The van der Waals surface area contributed by atoms with Gasteiger partial charge in [-0.15, -0.1) is 0 Å². The summed E-state index contributed by atoms with van der Waals surface area (Å²) in [5, 5.41) is 6.64. The van der Waals surface area contributed by atoms with Crippen molar-refractivity contribution < 1.29 is 17.9 Å². The van der Waals surface area contributed by atoms with Gasteiger partial charge in [0.2, 0.25) is 10.0 Å². The van der Waals surface area contributed by atoms with Gasteiger partial charge in [-0.3, -0.25) is 15.5 Å². The molecule has 1 saturated carbocycles. The fourth-order valence-corrected chi connectivity index (χ4v) is 9.60. The Morgan fingerprint density at radius 2 is 1.81 bits per heavy atom. The van der Waals surface area contributed by atoms with Gasteiger partial charge in [0.15, 0.2) is 0 Å². The van der Waals surface area contributed by atoms with Crippen LogP contribution in [0.5, 0.6) is 0 Å². The van der Waals surface area contributed by atoms with Crippen molar-refractivity contribution in [3.63, 3.8) is 0 Å². The number of nitrogens with zero attached hydrogens (tertiary/aromatic N) is 3. The lowest BCUT2D eigenvalue weighted by Crippen LogP contribution is -2.64. The molecular formula is C37H60N6O4S. The molecule has 5 rings (SSSR count). The van der Waals surface area contributed by atoms with Crippen LogP contribution in [0.1, 0.15) is 94.1 Å². The first-order valence-corrected chi connectivity index (χ1v) is 19.5. The van der Waals surface area contributed by atoms with Crippen LogP contribution in [0.15, 0.2) is 36.4 Å². The Labute approximate surface area is 289 Å². The van der Waals surface area contributed by atoms with Crippen molar-refractivity contribution in [2.75, 3.05) is 45.4 Å². The summed E-state index contributed by atoms with van der Waals surface area (Å²) in [6.07, 6.45) is 4.90. The van der Waals surface area contributed by atoms with Crippen LogP contribution < -0.4 is 20.3 Å². The van der Waals surface area contributed by atoms with Crippen LogP contribution in [0, 0.1) is 25.2 Å². The van der Waals surface area contributed by atoms with E-state index >= 15 is 0 Å². The van der Waals surface area contributed by atoms with Crippen molar-refractivity contribution >= 4 is 15.8 Å². The predicted molar refractivity (Wildman–Crippen MR) is 193 cm³/mol. The summed E-state index contributed by atoms with van der Waals surface area (Å²) >= 11 is 0. The lowest BCUT2D eigenvalue weighted by molar-refractivity contribution is -0.0517. The lowest BCUT2D eigenvalue weighted by atomic mass is 9.85. The monoisotopic (exact) mass is 684 g/mol. The zero-order chi connectivity index (χ0) is 34.5. The van der Waals surface area contributed by atoms with Gasteiger partial charge in [0, 0.05) is 58.9 Å². The highest BCUT2D eigenvalue weighted by atomic mass is 32.2. The van der Waals surface area contributed by atoms with Gasteiger partial charge in [0.05, 0.1) is 17.6 Å². The largest absolute Gasteiger partial charge is 0.385 e. The number of hydrogen-bond donors (Lipinski definition) is 3. The molecule has 4 bridgehead atoms. The minimum absolute atomic E-state index is 0.0561. The summed E-state index contributed by atoms with van der Waals surface area (Å²) in [5.74, 6) is 1.22. The number of benzene rings is 1. The number of ether oxygens (including phenoxy) is 2. The van der Waals surface area contributed by atoms with E-state index in [1.807, 2.05) is 0 Å². The molecule has 0 radical (unpaired) electrons. The minimum Gasteiger partial charge on any atom is -0.385 e. The number of aromatic nitrogens is 1. The molecule has 2 aromatic rings. The van der Waals surface area contributed by atoms with Crippen LogP contribution >= 0.6 is 0 Å². The van der Waals surface area contributed by atoms with E-state index in [1.54, 1.807) is 7.11 Å². The second-order valence-electron chi connectivity index (χ2n) is 15.6. The van der Waals surface area contributed by atoms with Gasteiger partial charge in [-0.25, -0.2) is 13.4 Å². The number of methoxy groups -OCH3 is 1. The topological polar surface area (TPSA) is 108 Å². The van der Waals surface area contributed by atoms with E-state index < -0.39 is 21.6 Å². The highest BCUT2D eigenvalue weighted by Crippen LogP contribution is 2.34. The van der Waals surface area contributed by atoms with Crippen molar-refractivity contribution in [1.29, 1.82) is 0 Å². The van der Waals surface area contributed by atoms with Crippen LogP contribution in [-0.2, 0) is 26.0 Å². The van der Waals surface area contributed by atoms with Crippen LogP contribution in [0.3, 0.4) is 0 Å². The summed E-state index contributed by atoms with van der Waals surface area (Å²) in [4.78, 5) is 9.85.